The lowest BCUT2D eigenvalue weighted by molar-refractivity contribution is -0.119. The maximum absolute atomic E-state index is 13.0. The summed E-state index contributed by atoms with van der Waals surface area (Å²) in [5.41, 5.74) is 0.529. The van der Waals surface area contributed by atoms with E-state index in [0.29, 0.717) is 41.4 Å². The molecule has 3 rings (SSSR count). The minimum absolute atomic E-state index is 0.1000. The van der Waals surface area contributed by atoms with Gasteiger partial charge in [-0.25, -0.2) is 4.98 Å². The maximum Gasteiger partial charge on any atom is 0.262 e. The highest BCUT2D eigenvalue weighted by molar-refractivity contribution is 7.99. The van der Waals surface area contributed by atoms with E-state index in [1.54, 1.807) is 23.0 Å². The number of nitrogens with one attached hydrogen (secondary N) is 1. The minimum atomic E-state index is -0.229. The standard InChI is InChI=1S/C22H27N3O4S/c1-15(2)28-13-7-11-25-21(27)17-8-4-5-9-18(17)24-22(25)30-14-20(26)23-16(3)19-10-6-12-29-19/h4-6,8-10,12,15-16H,7,11,13-14H2,1-3H3,(H,23,26). The van der Waals surface area contributed by atoms with Crippen LogP contribution in [0.1, 0.15) is 39.0 Å². The Morgan fingerprint density at radius 3 is 2.77 bits per heavy atom. The van der Waals surface area contributed by atoms with Crippen molar-refractivity contribution < 1.29 is 13.9 Å². The second-order valence-electron chi connectivity index (χ2n) is 7.23. The molecule has 0 aliphatic carbocycles. The van der Waals surface area contributed by atoms with E-state index in [-0.39, 0.29) is 29.4 Å². The van der Waals surface area contributed by atoms with Crippen LogP contribution in [-0.2, 0) is 16.1 Å². The number of ether oxygens (including phenoxy) is 1. The molecule has 3 aromatic rings. The van der Waals surface area contributed by atoms with Gasteiger partial charge in [0.05, 0.1) is 35.1 Å². The Hall–Kier alpha value is -2.58. The maximum atomic E-state index is 13.0. The van der Waals surface area contributed by atoms with E-state index in [2.05, 4.69) is 10.3 Å². The van der Waals surface area contributed by atoms with Crippen molar-refractivity contribution in [3.8, 4) is 0 Å². The van der Waals surface area contributed by atoms with Crippen LogP contribution in [0.5, 0.6) is 0 Å². The van der Waals surface area contributed by atoms with Gasteiger partial charge in [0.25, 0.3) is 5.56 Å². The second kappa shape index (κ2) is 10.4. The molecule has 0 saturated heterocycles. The van der Waals surface area contributed by atoms with Crippen molar-refractivity contribution in [2.45, 2.75) is 51.0 Å². The zero-order valence-corrected chi connectivity index (χ0v) is 18.3. The summed E-state index contributed by atoms with van der Waals surface area (Å²) >= 11 is 1.26. The lowest BCUT2D eigenvalue weighted by atomic mass is 10.2. The van der Waals surface area contributed by atoms with Crippen LogP contribution in [0.4, 0.5) is 0 Å². The number of rotatable bonds is 10. The smallest absolute Gasteiger partial charge is 0.262 e. The molecule has 2 heterocycles. The van der Waals surface area contributed by atoms with Gasteiger partial charge in [0.15, 0.2) is 5.16 Å². The third-order valence-electron chi connectivity index (χ3n) is 4.48. The zero-order chi connectivity index (χ0) is 21.5. The number of benzene rings is 1. The first kappa shape index (κ1) is 22.1. The number of fused-ring (bicyclic) bond motifs is 1. The summed E-state index contributed by atoms with van der Waals surface area (Å²) in [6.07, 6.45) is 2.41. The monoisotopic (exact) mass is 429 g/mol. The largest absolute Gasteiger partial charge is 0.467 e. The summed E-state index contributed by atoms with van der Waals surface area (Å²) in [5.74, 6) is 0.693. The number of aromatic nitrogens is 2. The lowest BCUT2D eigenvalue weighted by Gasteiger charge is -2.15. The predicted octanol–water partition coefficient (Wildman–Crippen LogP) is 3.77. The van der Waals surface area contributed by atoms with E-state index in [9.17, 15) is 9.59 Å². The molecule has 1 N–H and O–H groups in total. The third-order valence-corrected chi connectivity index (χ3v) is 5.46. The molecule has 0 radical (unpaired) electrons. The van der Waals surface area contributed by atoms with Crippen molar-refractivity contribution in [2.24, 2.45) is 0 Å². The number of thioether (sulfide) groups is 1. The van der Waals surface area contributed by atoms with Crippen molar-refractivity contribution in [2.75, 3.05) is 12.4 Å². The Morgan fingerprint density at radius 2 is 2.03 bits per heavy atom. The third kappa shape index (κ3) is 5.73. The molecule has 1 unspecified atom stereocenters. The van der Waals surface area contributed by atoms with Crippen LogP contribution in [0.2, 0.25) is 0 Å². The van der Waals surface area contributed by atoms with Gasteiger partial charge in [-0.3, -0.25) is 14.2 Å². The Balaban J connectivity index is 1.73. The second-order valence-corrected chi connectivity index (χ2v) is 8.18. The molecular weight excluding hydrogens is 402 g/mol. The molecule has 0 bridgehead atoms. The summed E-state index contributed by atoms with van der Waals surface area (Å²) in [6, 6.07) is 10.6. The van der Waals surface area contributed by atoms with Crippen LogP contribution in [0, 0.1) is 0 Å². The Kier molecular flexibility index (Phi) is 7.70. The van der Waals surface area contributed by atoms with Gasteiger partial charge < -0.3 is 14.5 Å². The molecule has 1 amide bonds. The predicted molar refractivity (Wildman–Crippen MR) is 118 cm³/mol. The average molecular weight is 430 g/mol. The SMILES string of the molecule is CC(C)OCCCn1c(SCC(=O)NC(C)c2ccco2)nc2ccccc2c1=O. The fourth-order valence-electron chi connectivity index (χ4n) is 3.02. The molecule has 7 nitrogen and oxygen atoms in total. The summed E-state index contributed by atoms with van der Waals surface area (Å²) in [5, 5.41) is 4.00. The summed E-state index contributed by atoms with van der Waals surface area (Å²) < 4.78 is 12.6. The number of hydrogen-bond acceptors (Lipinski definition) is 6. The van der Waals surface area contributed by atoms with Crippen LogP contribution in [0.25, 0.3) is 10.9 Å². The van der Waals surface area contributed by atoms with Gasteiger partial charge >= 0.3 is 0 Å². The molecule has 2 aromatic heterocycles. The Labute approximate surface area is 179 Å². The van der Waals surface area contributed by atoms with Crippen molar-refractivity contribution >= 4 is 28.6 Å². The first-order valence-electron chi connectivity index (χ1n) is 10.0. The van der Waals surface area contributed by atoms with Gasteiger partial charge in [-0.15, -0.1) is 0 Å². The average Bonchev–Trinajstić information content (AvgIpc) is 3.26. The van der Waals surface area contributed by atoms with Crippen LogP contribution >= 0.6 is 11.8 Å². The highest BCUT2D eigenvalue weighted by atomic mass is 32.2. The van der Waals surface area contributed by atoms with E-state index in [0.717, 1.165) is 0 Å². The van der Waals surface area contributed by atoms with E-state index in [4.69, 9.17) is 9.15 Å². The Bertz CT molecular complexity index is 1030. The number of amides is 1. The molecule has 0 aliphatic heterocycles. The molecule has 160 valence electrons. The highest BCUT2D eigenvalue weighted by Crippen LogP contribution is 2.19. The molecule has 0 spiro atoms. The number of nitrogens with zero attached hydrogens (tertiary/aromatic N) is 2. The van der Waals surface area contributed by atoms with Crippen molar-refractivity contribution in [3.05, 3.63) is 58.8 Å². The van der Waals surface area contributed by atoms with Crippen molar-refractivity contribution in [3.63, 3.8) is 0 Å². The Morgan fingerprint density at radius 1 is 1.23 bits per heavy atom. The van der Waals surface area contributed by atoms with Gasteiger partial charge in [-0.2, -0.15) is 0 Å². The van der Waals surface area contributed by atoms with Crippen LogP contribution in [0.3, 0.4) is 0 Å². The van der Waals surface area contributed by atoms with Gasteiger partial charge in [0.2, 0.25) is 5.91 Å². The first-order chi connectivity index (χ1) is 14.5. The van der Waals surface area contributed by atoms with E-state index in [1.165, 1.54) is 11.8 Å². The number of furan rings is 1. The molecule has 30 heavy (non-hydrogen) atoms. The topological polar surface area (TPSA) is 86.4 Å². The molecule has 1 atom stereocenters. The first-order valence-corrected chi connectivity index (χ1v) is 11.0. The number of carbonyl (C=O) groups excluding carboxylic acids is 1. The van der Waals surface area contributed by atoms with Crippen molar-refractivity contribution in [1.82, 2.24) is 14.9 Å². The number of hydrogen-bond donors (Lipinski definition) is 1. The van der Waals surface area contributed by atoms with Crippen LogP contribution < -0.4 is 10.9 Å². The van der Waals surface area contributed by atoms with E-state index < -0.39 is 0 Å². The number of para-hydroxylation sites is 1. The molecule has 0 aliphatic rings. The molecular formula is C22H27N3O4S. The van der Waals surface area contributed by atoms with E-state index >= 15 is 0 Å². The zero-order valence-electron chi connectivity index (χ0n) is 17.5. The van der Waals surface area contributed by atoms with Crippen LogP contribution in [-0.4, -0.2) is 33.9 Å². The number of carbonyl (C=O) groups is 1. The fraction of sp³-hybridized carbons (Fsp3) is 0.409. The minimum Gasteiger partial charge on any atom is -0.467 e. The van der Waals surface area contributed by atoms with Gasteiger partial charge in [-0.1, -0.05) is 23.9 Å². The summed E-state index contributed by atoms with van der Waals surface area (Å²) in [6.45, 7) is 6.86. The van der Waals surface area contributed by atoms with Gasteiger partial charge in [0.1, 0.15) is 5.76 Å². The van der Waals surface area contributed by atoms with Crippen LogP contribution in [0.15, 0.2) is 57.0 Å². The summed E-state index contributed by atoms with van der Waals surface area (Å²) in [7, 11) is 0. The normalized spacial score (nSPS) is 12.4. The summed E-state index contributed by atoms with van der Waals surface area (Å²) in [4.78, 5) is 30.1. The molecule has 0 saturated carbocycles. The molecule has 0 fully saturated rings. The van der Waals surface area contributed by atoms with Gasteiger partial charge in [0, 0.05) is 13.2 Å². The fourth-order valence-corrected chi connectivity index (χ4v) is 3.86. The quantitative estimate of drug-likeness (QED) is 0.300. The van der Waals surface area contributed by atoms with E-state index in [1.807, 2.05) is 45.0 Å². The molecule has 8 heteroatoms. The lowest BCUT2D eigenvalue weighted by Crippen LogP contribution is -2.29. The highest BCUT2D eigenvalue weighted by Gasteiger charge is 2.15. The molecule has 1 aromatic carbocycles. The van der Waals surface area contributed by atoms with Crippen molar-refractivity contribution in [1.29, 1.82) is 0 Å². The van der Waals surface area contributed by atoms with Gasteiger partial charge in [-0.05, 0) is 51.5 Å².